The Labute approximate surface area is 261 Å². The summed E-state index contributed by atoms with van der Waals surface area (Å²) < 4.78 is 18.3. The van der Waals surface area contributed by atoms with Crippen LogP contribution in [0.1, 0.15) is 74.4 Å². The van der Waals surface area contributed by atoms with Gasteiger partial charge in [0.25, 0.3) is 0 Å². The van der Waals surface area contributed by atoms with E-state index in [2.05, 4.69) is 79.7 Å². The first-order valence-corrected chi connectivity index (χ1v) is 15.9. The van der Waals surface area contributed by atoms with Crippen molar-refractivity contribution in [3.05, 3.63) is 120 Å². The van der Waals surface area contributed by atoms with Gasteiger partial charge in [0.2, 0.25) is 0 Å². The topological polar surface area (TPSA) is 31.6 Å². The van der Waals surface area contributed by atoms with Crippen LogP contribution in [0.4, 0.5) is 0 Å². The van der Waals surface area contributed by atoms with Gasteiger partial charge in [0.05, 0.1) is 21.3 Å². The molecule has 0 aliphatic carbocycles. The highest BCUT2D eigenvalue weighted by Crippen LogP contribution is 2.31. The van der Waals surface area contributed by atoms with E-state index in [0.717, 1.165) is 29.9 Å². The van der Waals surface area contributed by atoms with Crippen molar-refractivity contribution >= 4 is 6.71 Å². The van der Waals surface area contributed by atoms with Gasteiger partial charge >= 0.3 is 0 Å². The molecule has 0 saturated heterocycles. The zero-order valence-corrected chi connectivity index (χ0v) is 27.0. The molecule has 3 aromatic carbocycles. The van der Waals surface area contributed by atoms with E-state index in [-0.39, 0.29) is 0 Å². The molecular weight excluding hydrogens is 529 g/mol. The van der Waals surface area contributed by atoms with Gasteiger partial charge in [-0.1, -0.05) is 111 Å². The van der Waals surface area contributed by atoms with E-state index in [1.807, 2.05) is 42.2 Å². The minimum Gasteiger partial charge on any atom is -0.497 e. The molecule has 1 aromatic heterocycles. The number of hydrogen-bond donors (Lipinski definition) is 0. The maximum atomic E-state index is 5.46. The van der Waals surface area contributed by atoms with Gasteiger partial charge in [-0.25, -0.2) is 4.57 Å². The van der Waals surface area contributed by atoms with Crippen LogP contribution < -0.4 is 18.8 Å². The average molecular weight is 581 g/mol. The van der Waals surface area contributed by atoms with Crippen LogP contribution in [0, 0.1) is 0 Å². The predicted molar refractivity (Wildman–Crippen MR) is 180 cm³/mol. The van der Waals surface area contributed by atoms with Gasteiger partial charge in [0.1, 0.15) is 24.3 Å². The Morgan fingerprint density at radius 3 is 1.44 bits per heavy atom. The van der Waals surface area contributed by atoms with Gasteiger partial charge in [0, 0.05) is 12.1 Å². The number of aryl methyl sites for hydroxylation is 1. The lowest BCUT2D eigenvalue weighted by atomic mass is 9.34. The quantitative estimate of drug-likeness (QED) is 0.0755. The van der Waals surface area contributed by atoms with Crippen molar-refractivity contribution < 1.29 is 18.8 Å². The van der Waals surface area contributed by atoms with Gasteiger partial charge in [-0.05, 0) is 54.9 Å². The third-order valence-electron chi connectivity index (χ3n) is 8.16. The highest BCUT2D eigenvalue weighted by molar-refractivity contribution is 6.59. The van der Waals surface area contributed by atoms with Gasteiger partial charge < -0.3 is 14.2 Å². The molecular formula is C38H51BNO3+. The van der Waals surface area contributed by atoms with Gasteiger partial charge in [0.15, 0.2) is 19.1 Å². The Morgan fingerprint density at radius 1 is 0.581 bits per heavy atom. The monoisotopic (exact) mass is 580 g/mol. The number of methoxy groups -OCH3 is 3. The summed E-state index contributed by atoms with van der Waals surface area (Å²) in [6.45, 7) is 2.76. The van der Waals surface area contributed by atoms with Crippen LogP contribution in [-0.2, 0) is 19.7 Å². The molecule has 0 N–H and O–H groups in total. The normalized spacial score (nSPS) is 11.2. The fourth-order valence-electron chi connectivity index (χ4n) is 5.64. The maximum absolute atomic E-state index is 5.46. The molecule has 4 nitrogen and oxygen atoms in total. The molecule has 1 heterocycles. The molecule has 1 atom stereocenters. The zero-order chi connectivity index (χ0) is 30.7. The van der Waals surface area contributed by atoms with E-state index < -0.39 is 0 Å². The van der Waals surface area contributed by atoms with Gasteiger partial charge in [-0.2, -0.15) is 0 Å². The minimum absolute atomic E-state index is 0.478. The highest BCUT2D eigenvalue weighted by Gasteiger charge is 2.27. The lowest BCUT2D eigenvalue weighted by Crippen LogP contribution is -2.30. The van der Waals surface area contributed by atoms with E-state index >= 15 is 0 Å². The first-order valence-electron chi connectivity index (χ1n) is 15.9. The maximum Gasteiger partial charge on any atom is 0.168 e. The van der Waals surface area contributed by atoms with Crippen molar-refractivity contribution in [2.45, 2.75) is 70.3 Å². The molecule has 4 aromatic rings. The van der Waals surface area contributed by atoms with Crippen molar-refractivity contribution in [3.63, 3.8) is 0 Å². The van der Waals surface area contributed by atoms with E-state index in [4.69, 9.17) is 14.2 Å². The van der Waals surface area contributed by atoms with E-state index in [1.54, 1.807) is 21.3 Å². The Balaban J connectivity index is 0.000000633. The molecule has 5 heteroatoms. The van der Waals surface area contributed by atoms with E-state index in [0.29, 0.717) is 12.5 Å². The minimum atomic E-state index is 0.478. The standard InChI is InChI=1S/C32H43BO3.C6H8N/c1-5-6-7-8-9-10-11-32(28-16-22-31(36-4)23-17-28)33(24-26-12-18-29(34-2)19-13-26)25-27-14-20-30(35-3)21-15-27;1-7-5-3-2-4-6-7/h12-23,32H,5-11,24-25H2,1-4H3;2-6H,1H3/q;+1. The Morgan fingerprint density at radius 2 is 1.02 bits per heavy atom. The van der Waals surface area contributed by atoms with Crippen LogP contribution >= 0.6 is 0 Å². The molecule has 0 radical (unpaired) electrons. The summed E-state index contributed by atoms with van der Waals surface area (Å²) >= 11 is 0. The Kier molecular flexibility index (Phi) is 15.3. The third-order valence-corrected chi connectivity index (χ3v) is 8.16. The number of nitrogens with zero attached hydrogens (tertiary/aromatic N) is 1. The second-order valence-electron chi connectivity index (χ2n) is 11.3. The molecule has 0 aliphatic rings. The van der Waals surface area contributed by atoms with Crippen LogP contribution in [0.2, 0.25) is 0 Å². The first kappa shape index (κ1) is 33.8. The summed E-state index contributed by atoms with van der Waals surface area (Å²) in [6, 6.07) is 32.0. The van der Waals surface area contributed by atoms with Gasteiger partial charge in [-0.15, -0.1) is 0 Å². The molecule has 0 saturated carbocycles. The average Bonchev–Trinajstić information content (AvgIpc) is 3.05. The number of hydrogen-bond acceptors (Lipinski definition) is 3. The number of benzene rings is 3. The summed E-state index contributed by atoms with van der Waals surface area (Å²) in [5, 5.41) is 0. The largest absolute Gasteiger partial charge is 0.497 e. The lowest BCUT2D eigenvalue weighted by Gasteiger charge is -2.26. The SMILES string of the molecule is CCCCCCCCC(B(Cc1ccc(OC)cc1)Cc1ccc(OC)cc1)c1ccc(OC)cc1.C[n+]1ccccc1. The molecule has 0 amide bonds. The van der Waals surface area contributed by atoms with Crippen molar-refractivity contribution in [3.8, 4) is 17.2 Å². The summed E-state index contributed by atoms with van der Waals surface area (Å²) in [5.41, 5.74) is 4.13. The summed E-state index contributed by atoms with van der Waals surface area (Å²) in [4.78, 5) is 0. The third kappa shape index (κ3) is 12.2. The molecule has 0 spiro atoms. The number of unbranched alkanes of at least 4 members (excludes halogenated alkanes) is 5. The number of rotatable bonds is 16. The number of ether oxygens (including phenoxy) is 3. The van der Waals surface area contributed by atoms with Crippen LogP contribution in [-0.4, -0.2) is 28.0 Å². The molecule has 0 bridgehead atoms. The highest BCUT2D eigenvalue weighted by atomic mass is 16.5. The summed E-state index contributed by atoms with van der Waals surface area (Å²) in [6.07, 6.45) is 15.2. The predicted octanol–water partition coefficient (Wildman–Crippen LogP) is 8.66. The smallest absolute Gasteiger partial charge is 0.168 e. The van der Waals surface area contributed by atoms with Crippen LogP contribution in [0.15, 0.2) is 103 Å². The second-order valence-corrected chi connectivity index (χ2v) is 11.3. The summed E-state index contributed by atoms with van der Waals surface area (Å²) in [7, 11) is 7.18. The van der Waals surface area contributed by atoms with Crippen molar-refractivity contribution in [2.75, 3.05) is 21.3 Å². The first-order chi connectivity index (χ1) is 21.1. The Hall–Kier alpha value is -3.73. The molecule has 1 unspecified atom stereocenters. The Bertz CT molecular complexity index is 1210. The number of aromatic nitrogens is 1. The zero-order valence-electron chi connectivity index (χ0n) is 27.0. The van der Waals surface area contributed by atoms with Crippen LogP contribution in [0.3, 0.4) is 0 Å². The molecule has 4 rings (SSSR count). The fraction of sp³-hybridized carbons (Fsp3) is 0.395. The van der Waals surface area contributed by atoms with Crippen molar-refractivity contribution in [2.24, 2.45) is 7.05 Å². The van der Waals surface area contributed by atoms with E-state index in [1.165, 1.54) is 61.6 Å². The van der Waals surface area contributed by atoms with E-state index in [9.17, 15) is 0 Å². The lowest BCUT2D eigenvalue weighted by molar-refractivity contribution is -0.671. The second kappa shape index (κ2) is 19.5. The fourth-order valence-corrected chi connectivity index (χ4v) is 5.64. The van der Waals surface area contributed by atoms with Crippen molar-refractivity contribution in [1.29, 1.82) is 0 Å². The van der Waals surface area contributed by atoms with Crippen molar-refractivity contribution in [1.82, 2.24) is 0 Å². The molecule has 0 fully saturated rings. The molecule has 43 heavy (non-hydrogen) atoms. The van der Waals surface area contributed by atoms with Crippen LogP contribution in [0.25, 0.3) is 0 Å². The molecule has 228 valence electrons. The number of pyridine rings is 1. The van der Waals surface area contributed by atoms with Crippen LogP contribution in [0.5, 0.6) is 17.2 Å². The van der Waals surface area contributed by atoms with Gasteiger partial charge in [-0.3, -0.25) is 0 Å². The molecule has 0 aliphatic heterocycles. The summed E-state index contributed by atoms with van der Waals surface area (Å²) in [5.74, 6) is 3.21.